The molecule has 0 spiro atoms. The highest BCUT2D eigenvalue weighted by atomic mass is 16.3. The third kappa shape index (κ3) is 2.71. The van der Waals surface area contributed by atoms with E-state index in [-0.39, 0.29) is 0 Å². The molecule has 0 amide bonds. The average molecular weight is 283 g/mol. The summed E-state index contributed by atoms with van der Waals surface area (Å²) in [5.41, 5.74) is 2.10. The van der Waals surface area contributed by atoms with Gasteiger partial charge in [-0.05, 0) is 24.6 Å². The minimum absolute atomic E-state index is 0.511. The first-order valence-electron chi connectivity index (χ1n) is 6.97. The van der Waals surface area contributed by atoms with E-state index in [4.69, 9.17) is 0 Å². The number of nitrogens with zero attached hydrogens (tertiary/aromatic N) is 5. The van der Waals surface area contributed by atoms with Crippen LogP contribution in [0.2, 0.25) is 0 Å². The molecule has 1 atom stereocenters. The highest BCUT2D eigenvalue weighted by Gasteiger charge is 2.18. The van der Waals surface area contributed by atoms with E-state index in [0.29, 0.717) is 5.69 Å². The maximum Gasteiger partial charge on any atom is 0.141 e. The molecule has 0 saturated carbocycles. The fraction of sp³-hybridized carbons (Fsp3) is 0.267. The fourth-order valence-electron chi connectivity index (χ4n) is 2.21. The first kappa shape index (κ1) is 13.5. The summed E-state index contributed by atoms with van der Waals surface area (Å²) in [4.78, 5) is 1.51. The normalized spacial score (nSPS) is 12.5. The van der Waals surface area contributed by atoms with E-state index in [9.17, 15) is 5.11 Å². The van der Waals surface area contributed by atoms with E-state index in [1.54, 1.807) is 17.1 Å². The SMILES string of the molecule is CCCn1nccc1C(O)c1cnn(-c2ccccc2)n1. The molecular weight excluding hydrogens is 266 g/mol. The minimum atomic E-state index is -0.823. The summed E-state index contributed by atoms with van der Waals surface area (Å²) in [6.07, 6.45) is 3.41. The van der Waals surface area contributed by atoms with Gasteiger partial charge in [0.2, 0.25) is 0 Å². The second kappa shape index (κ2) is 5.88. The predicted octanol–water partition coefficient (Wildman–Crippen LogP) is 1.96. The van der Waals surface area contributed by atoms with Crippen molar-refractivity contribution in [2.45, 2.75) is 26.0 Å². The monoisotopic (exact) mass is 283 g/mol. The Kier molecular flexibility index (Phi) is 3.79. The molecule has 1 aromatic carbocycles. The van der Waals surface area contributed by atoms with Crippen molar-refractivity contribution in [2.24, 2.45) is 0 Å². The number of aliphatic hydroxyl groups excluding tert-OH is 1. The van der Waals surface area contributed by atoms with E-state index < -0.39 is 6.10 Å². The largest absolute Gasteiger partial charge is 0.380 e. The van der Waals surface area contributed by atoms with Crippen LogP contribution in [0.4, 0.5) is 0 Å². The molecule has 0 bridgehead atoms. The lowest BCUT2D eigenvalue weighted by atomic mass is 10.2. The number of aryl methyl sites for hydroxylation is 1. The van der Waals surface area contributed by atoms with Crippen LogP contribution in [0.1, 0.15) is 30.8 Å². The molecule has 0 aliphatic carbocycles. The molecule has 6 nitrogen and oxygen atoms in total. The average Bonchev–Trinajstić information content (AvgIpc) is 3.17. The van der Waals surface area contributed by atoms with Gasteiger partial charge < -0.3 is 5.11 Å². The van der Waals surface area contributed by atoms with Gasteiger partial charge in [0, 0.05) is 12.7 Å². The maximum atomic E-state index is 10.5. The van der Waals surface area contributed by atoms with Crippen molar-refractivity contribution in [3.63, 3.8) is 0 Å². The van der Waals surface area contributed by atoms with E-state index in [1.807, 2.05) is 36.4 Å². The second-order valence-corrected chi connectivity index (χ2v) is 4.78. The lowest BCUT2D eigenvalue weighted by molar-refractivity contribution is 0.202. The summed E-state index contributed by atoms with van der Waals surface area (Å²) in [5.74, 6) is 0. The Labute approximate surface area is 122 Å². The minimum Gasteiger partial charge on any atom is -0.380 e. The first-order chi connectivity index (χ1) is 10.3. The summed E-state index contributed by atoms with van der Waals surface area (Å²) in [7, 11) is 0. The predicted molar refractivity (Wildman–Crippen MR) is 77.9 cm³/mol. The van der Waals surface area contributed by atoms with Crippen molar-refractivity contribution in [2.75, 3.05) is 0 Å². The quantitative estimate of drug-likeness (QED) is 0.777. The molecule has 1 N–H and O–H groups in total. The number of hydrogen-bond donors (Lipinski definition) is 1. The van der Waals surface area contributed by atoms with Crippen LogP contribution in [0.25, 0.3) is 5.69 Å². The van der Waals surface area contributed by atoms with Gasteiger partial charge in [-0.25, -0.2) is 0 Å². The smallest absolute Gasteiger partial charge is 0.141 e. The molecule has 108 valence electrons. The molecule has 1 unspecified atom stereocenters. The first-order valence-corrected chi connectivity index (χ1v) is 6.97. The van der Waals surface area contributed by atoms with Crippen LogP contribution in [0, 0.1) is 0 Å². The van der Waals surface area contributed by atoms with Crippen LogP contribution in [0.15, 0.2) is 48.8 Å². The van der Waals surface area contributed by atoms with Crippen molar-refractivity contribution in [3.05, 3.63) is 60.2 Å². The summed E-state index contributed by atoms with van der Waals surface area (Å²) in [6.45, 7) is 2.84. The maximum absolute atomic E-state index is 10.5. The number of rotatable bonds is 5. The molecule has 21 heavy (non-hydrogen) atoms. The molecule has 2 aromatic heterocycles. The van der Waals surface area contributed by atoms with E-state index in [0.717, 1.165) is 24.3 Å². The Morgan fingerprint density at radius 3 is 2.71 bits per heavy atom. The zero-order chi connectivity index (χ0) is 14.7. The number of aromatic nitrogens is 5. The summed E-state index contributed by atoms with van der Waals surface area (Å²) < 4.78 is 1.80. The van der Waals surface area contributed by atoms with Crippen LogP contribution in [0.5, 0.6) is 0 Å². The standard InChI is InChI=1S/C15H17N5O/c1-2-10-19-14(8-9-16-19)15(21)13-11-17-20(18-13)12-6-4-3-5-7-12/h3-9,11,15,21H,2,10H2,1H3. The molecule has 0 fully saturated rings. The van der Waals surface area contributed by atoms with Gasteiger partial charge in [0.1, 0.15) is 11.8 Å². The highest BCUT2D eigenvalue weighted by Crippen LogP contribution is 2.20. The zero-order valence-corrected chi connectivity index (χ0v) is 11.8. The Morgan fingerprint density at radius 1 is 1.14 bits per heavy atom. The zero-order valence-electron chi connectivity index (χ0n) is 11.8. The molecule has 0 aliphatic rings. The van der Waals surface area contributed by atoms with Crippen LogP contribution in [-0.4, -0.2) is 29.9 Å². The van der Waals surface area contributed by atoms with Gasteiger partial charge in [0.15, 0.2) is 0 Å². The van der Waals surface area contributed by atoms with Crippen LogP contribution in [0.3, 0.4) is 0 Å². The fourth-order valence-corrected chi connectivity index (χ4v) is 2.21. The van der Waals surface area contributed by atoms with E-state index in [2.05, 4.69) is 22.2 Å². The Hall–Kier alpha value is -2.47. The summed E-state index contributed by atoms with van der Waals surface area (Å²) in [5, 5.41) is 23.3. The second-order valence-electron chi connectivity index (χ2n) is 4.78. The van der Waals surface area contributed by atoms with Crippen LogP contribution >= 0.6 is 0 Å². The van der Waals surface area contributed by atoms with Gasteiger partial charge in [-0.3, -0.25) is 4.68 Å². The van der Waals surface area contributed by atoms with E-state index in [1.165, 1.54) is 4.80 Å². The Balaban J connectivity index is 1.87. The lowest BCUT2D eigenvalue weighted by Crippen LogP contribution is -2.11. The van der Waals surface area contributed by atoms with Crippen LogP contribution in [-0.2, 0) is 6.54 Å². The van der Waals surface area contributed by atoms with Crippen molar-refractivity contribution in [3.8, 4) is 5.69 Å². The summed E-state index contributed by atoms with van der Waals surface area (Å²) in [6, 6.07) is 11.4. The van der Waals surface area contributed by atoms with Gasteiger partial charge >= 0.3 is 0 Å². The van der Waals surface area contributed by atoms with Crippen molar-refractivity contribution in [1.29, 1.82) is 0 Å². The lowest BCUT2D eigenvalue weighted by Gasteiger charge is -2.10. The van der Waals surface area contributed by atoms with Gasteiger partial charge in [0.05, 0.1) is 17.6 Å². The highest BCUT2D eigenvalue weighted by molar-refractivity contribution is 5.29. The van der Waals surface area contributed by atoms with Crippen molar-refractivity contribution >= 4 is 0 Å². The molecule has 6 heteroatoms. The number of benzene rings is 1. The molecule has 0 radical (unpaired) electrons. The van der Waals surface area contributed by atoms with Crippen molar-refractivity contribution < 1.29 is 5.11 Å². The summed E-state index contributed by atoms with van der Waals surface area (Å²) >= 11 is 0. The van der Waals surface area contributed by atoms with Gasteiger partial charge in [-0.2, -0.15) is 20.1 Å². The van der Waals surface area contributed by atoms with Crippen molar-refractivity contribution in [1.82, 2.24) is 24.8 Å². The third-order valence-electron chi connectivity index (χ3n) is 3.24. The van der Waals surface area contributed by atoms with Gasteiger partial charge in [-0.1, -0.05) is 25.1 Å². The molecule has 0 aliphatic heterocycles. The topological polar surface area (TPSA) is 68.8 Å². The molecule has 3 rings (SSSR count). The van der Waals surface area contributed by atoms with E-state index >= 15 is 0 Å². The Bertz CT molecular complexity index is 704. The molecule has 3 aromatic rings. The van der Waals surface area contributed by atoms with Gasteiger partial charge in [0.25, 0.3) is 0 Å². The number of aliphatic hydroxyl groups is 1. The van der Waals surface area contributed by atoms with Gasteiger partial charge in [-0.15, -0.1) is 0 Å². The molecule has 2 heterocycles. The number of para-hydroxylation sites is 1. The Morgan fingerprint density at radius 2 is 1.95 bits per heavy atom. The van der Waals surface area contributed by atoms with Crippen LogP contribution < -0.4 is 0 Å². The number of hydrogen-bond acceptors (Lipinski definition) is 4. The molecular formula is C15H17N5O. The third-order valence-corrected chi connectivity index (χ3v) is 3.24. The molecule has 0 saturated heterocycles.